The molecule has 0 fully saturated rings. The molecule has 0 spiro atoms. The van der Waals surface area contributed by atoms with Crippen LogP contribution in [-0.4, -0.2) is 26.2 Å². The second-order valence-electron chi connectivity index (χ2n) is 10.2. The number of ether oxygens (including phenoxy) is 2. The third-order valence-electron chi connectivity index (χ3n) is 6.20. The number of aromatic nitrogens is 3. The number of anilines is 1. The van der Waals surface area contributed by atoms with Gasteiger partial charge in [-0.15, -0.1) is 0 Å². The zero-order chi connectivity index (χ0) is 27.4. The lowest BCUT2D eigenvalue weighted by atomic mass is 9.99. The minimum Gasteiger partial charge on any atom is -0.488 e. The SMILES string of the molecule is CCn1ccc2cc(-c3cnc(NC(=O)OC(C)(C)C)nc3-c3ccccc3OCc3ccccc3)ccc21. The van der Waals surface area contributed by atoms with Crippen molar-refractivity contribution in [3.05, 3.63) is 96.8 Å². The number of fused-ring (bicyclic) bond motifs is 1. The lowest BCUT2D eigenvalue weighted by Crippen LogP contribution is -2.27. The Balaban J connectivity index is 1.57. The summed E-state index contributed by atoms with van der Waals surface area (Å²) in [6, 6.07) is 26.2. The van der Waals surface area contributed by atoms with E-state index in [1.807, 2.05) is 75.4 Å². The largest absolute Gasteiger partial charge is 0.488 e. The van der Waals surface area contributed by atoms with Gasteiger partial charge in [0.1, 0.15) is 18.0 Å². The highest BCUT2D eigenvalue weighted by molar-refractivity contribution is 5.91. The molecule has 198 valence electrons. The molecule has 0 saturated heterocycles. The predicted molar refractivity (Wildman–Crippen MR) is 155 cm³/mol. The van der Waals surface area contributed by atoms with E-state index >= 15 is 0 Å². The van der Waals surface area contributed by atoms with Gasteiger partial charge in [-0.1, -0.05) is 48.5 Å². The van der Waals surface area contributed by atoms with Crippen LogP contribution in [0.1, 0.15) is 33.3 Å². The summed E-state index contributed by atoms with van der Waals surface area (Å²) in [5.41, 5.74) is 4.82. The maximum atomic E-state index is 12.5. The Hall–Kier alpha value is -4.65. The summed E-state index contributed by atoms with van der Waals surface area (Å²) in [7, 11) is 0. The van der Waals surface area contributed by atoms with Crippen LogP contribution in [0.25, 0.3) is 33.3 Å². The van der Waals surface area contributed by atoms with Gasteiger partial charge in [0, 0.05) is 41.0 Å². The fraction of sp³-hybridized carbons (Fsp3) is 0.219. The molecule has 2 aromatic heterocycles. The van der Waals surface area contributed by atoms with Crippen molar-refractivity contribution in [2.75, 3.05) is 5.32 Å². The molecule has 0 aliphatic rings. The number of carbonyl (C=O) groups excluding carboxylic acids is 1. The Morgan fingerprint density at radius 1 is 0.949 bits per heavy atom. The Morgan fingerprint density at radius 3 is 2.49 bits per heavy atom. The van der Waals surface area contributed by atoms with Gasteiger partial charge >= 0.3 is 6.09 Å². The van der Waals surface area contributed by atoms with Crippen LogP contribution in [0.4, 0.5) is 10.7 Å². The number of hydrogen-bond acceptors (Lipinski definition) is 5. The van der Waals surface area contributed by atoms with Gasteiger partial charge in [-0.3, -0.25) is 5.32 Å². The first kappa shape index (κ1) is 26.0. The number of hydrogen-bond donors (Lipinski definition) is 1. The highest BCUT2D eigenvalue weighted by Crippen LogP contribution is 2.37. The van der Waals surface area contributed by atoms with Crippen LogP contribution in [0.2, 0.25) is 0 Å². The summed E-state index contributed by atoms with van der Waals surface area (Å²) in [5.74, 6) is 0.835. The standard InChI is InChI=1S/C32H32N4O3/c1-5-36-18-17-24-19-23(15-16-27(24)36)26-20-33-30(35-31(37)39-32(2,3)4)34-29(26)25-13-9-10-14-28(25)38-21-22-11-7-6-8-12-22/h6-20H,5,21H2,1-4H3,(H,33,34,35,37). The molecule has 3 aromatic carbocycles. The number of nitrogens with zero attached hydrogens (tertiary/aromatic N) is 3. The monoisotopic (exact) mass is 520 g/mol. The van der Waals surface area contributed by atoms with Crippen molar-refractivity contribution in [1.29, 1.82) is 0 Å². The summed E-state index contributed by atoms with van der Waals surface area (Å²) in [6.07, 6.45) is 3.21. The van der Waals surface area contributed by atoms with E-state index in [4.69, 9.17) is 14.5 Å². The molecule has 1 N–H and O–H groups in total. The fourth-order valence-corrected chi connectivity index (χ4v) is 4.42. The first-order valence-electron chi connectivity index (χ1n) is 13.0. The van der Waals surface area contributed by atoms with Crippen LogP contribution >= 0.6 is 0 Å². The van der Waals surface area contributed by atoms with Crippen LogP contribution in [0, 0.1) is 0 Å². The molecule has 5 aromatic rings. The molecular weight excluding hydrogens is 488 g/mol. The van der Waals surface area contributed by atoms with Crippen LogP contribution in [0.15, 0.2) is 91.3 Å². The van der Waals surface area contributed by atoms with Crippen molar-refractivity contribution < 1.29 is 14.3 Å². The third-order valence-corrected chi connectivity index (χ3v) is 6.20. The van der Waals surface area contributed by atoms with E-state index in [2.05, 4.69) is 52.3 Å². The molecule has 0 aliphatic carbocycles. The lowest BCUT2D eigenvalue weighted by molar-refractivity contribution is 0.0634. The minimum absolute atomic E-state index is 0.152. The average molecular weight is 521 g/mol. The summed E-state index contributed by atoms with van der Waals surface area (Å²) in [5, 5.41) is 3.81. The first-order chi connectivity index (χ1) is 18.8. The minimum atomic E-state index is -0.644. The van der Waals surface area contributed by atoms with Crippen molar-refractivity contribution in [2.24, 2.45) is 0 Å². The average Bonchev–Trinajstić information content (AvgIpc) is 3.34. The summed E-state index contributed by atoms with van der Waals surface area (Å²) in [4.78, 5) is 21.8. The van der Waals surface area contributed by atoms with E-state index in [-0.39, 0.29) is 5.95 Å². The van der Waals surface area contributed by atoms with Crippen LogP contribution in [-0.2, 0) is 17.9 Å². The second kappa shape index (κ2) is 11.0. The topological polar surface area (TPSA) is 78.3 Å². The molecule has 7 nitrogen and oxygen atoms in total. The van der Waals surface area contributed by atoms with Gasteiger partial charge in [0.2, 0.25) is 5.95 Å². The third kappa shape index (κ3) is 6.09. The van der Waals surface area contributed by atoms with E-state index < -0.39 is 11.7 Å². The van der Waals surface area contributed by atoms with Gasteiger partial charge in [0.05, 0.1) is 5.69 Å². The number of carbonyl (C=O) groups is 1. The molecular formula is C32H32N4O3. The number of nitrogens with one attached hydrogen (secondary N) is 1. The van der Waals surface area contributed by atoms with Crippen molar-refractivity contribution in [1.82, 2.24) is 14.5 Å². The number of benzene rings is 3. The van der Waals surface area contributed by atoms with Gasteiger partial charge in [0.25, 0.3) is 0 Å². The van der Waals surface area contributed by atoms with Crippen molar-refractivity contribution in [2.45, 2.75) is 46.4 Å². The van der Waals surface area contributed by atoms with Gasteiger partial charge < -0.3 is 14.0 Å². The summed E-state index contributed by atoms with van der Waals surface area (Å²) in [6.45, 7) is 8.87. The molecule has 0 bridgehead atoms. The van der Waals surface area contributed by atoms with Gasteiger partial charge in [-0.25, -0.2) is 14.8 Å². The smallest absolute Gasteiger partial charge is 0.414 e. The van der Waals surface area contributed by atoms with Gasteiger partial charge in [-0.05, 0) is 69.2 Å². The van der Waals surface area contributed by atoms with E-state index in [1.165, 1.54) is 5.52 Å². The molecule has 2 heterocycles. The number of aryl methyl sites for hydroxylation is 1. The zero-order valence-electron chi connectivity index (χ0n) is 22.6. The lowest BCUT2D eigenvalue weighted by Gasteiger charge is -2.20. The molecule has 0 atom stereocenters. The van der Waals surface area contributed by atoms with Crippen LogP contribution in [0.5, 0.6) is 5.75 Å². The second-order valence-corrected chi connectivity index (χ2v) is 10.2. The Bertz CT molecular complexity index is 1600. The molecule has 0 saturated carbocycles. The summed E-state index contributed by atoms with van der Waals surface area (Å²) >= 11 is 0. The predicted octanol–water partition coefficient (Wildman–Crippen LogP) is 7.71. The molecule has 5 rings (SSSR count). The highest BCUT2D eigenvalue weighted by atomic mass is 16.6. The zero-order valence-corrected chi connectivity index (χ0v) is 22.6. The Labute approximate surface area is 228 Å². The molecule has 1 amide bonds. The first-order valence-corrected chi connectivity index (χ1v) is 13.0. The molecule has 39 heavy (non-hydrogen) atoms. The Morgan fingerprint density at radius 2 is 1.72 bits per heavy atom. The normalized spacial score (nSPS) is 11.4. The van der Waals surface area contributed by atoms with E-state index in [0.717, 1.165) is 34.2 Å². The van der Waals surface area contributed by atoms with Crippen LogP contribution in [0.3, 0.4) is 0 Å². The van der Waals surface area contributed by atoms with Gasteiger partial charge in [0.15, 0.2) is 0 Å². The number of para-hydroxylation sites is 1. The van der Waals surface area contributed by atoms with Crippen molar-refractivity contribution in [3.63, 3.8) is 0 Å². The van der Waals surface area contributed by atoms with E-state index in [9.17, 15) is 4.79 Å². The maximum absolute atomic E-state index is 12.5. The van der Waals surface area contributed by atoms with E-state index in [0.29, 0.717) is 18.1 Å². The van der Waals surface area contributed by atoms with Crippen molar-refractivity contribution >= 4 is 22.9 Å². The van der Waals surface area contributed by atoms with Crippen molar-refractivity contribution in [3.8, 4) is 28.1 Å². The fourth-order valence-electron chi connectivity index (χ4n) is 4.42. The Kier molecular flexibility index (Phi) is 7.32. The quantitative estimate of drug-likeness (QED) is 0.238. The molecule has 0 unspecified atom stereocenters. The highest BCUT2D eigenvalue weighted by Gasteiger charge is 2.20. The molecule has 0 radical (unpaired) electrons. The maximum Gasteiger partial charge on any atom is 0.414 e. The molecule has 0 aliphatic heterocycles. The number of rotatable bonds is 7. The number of amides is 1. The van der Waals surface area contributed by atoms with Gasteiger partial charge in [-0.2, -0.15) is 0 Å². The van der Waals surface area contributed by atoms with E-state index in [1.54, 1.807) is 6.20 Å². The summed E-state index contributed by atoms with van der Waals surface area (Å²) < 4.78 is 13.9. The molecule has 7 heteroatoms. The van der Waals surface area contributed by atoms with Crippen LogP contribution < -0.4 is 10.1 Å².